The summed E-state index contributed by atoms with van der Waals surface area (Å²) in [5, 5.41) is 9.03. The zero-order valence-electron chi connectivity index (χ0n) is 21.1. The molecule has 196 valence electrons. The van der Waals surface area contributed by atoms with E-state index in [1.54, 1.807) is 18.3 Å². The molecule has 1 fully saturated rings. The SMILES string of the molecule is O=C(O)CC1CCC(c2ccc(-c3ccc(-c4nc5nc(-c6ccc(F)cc6F)ccc5[nH]4)cn3)cc2)CC1. The Morgan fingerprint density at radius 1 is 0.872 bits per heavy atom. The maximum atomic E-state index is 14.2. The monoisotopic (exact) mass is 524 g/mol. The van der Waals surface area contributed by atoms with Gasteiger partial charge in [-0.2, -0.15) is 0 Å². The topological polar surface area (TPSA) is 91.8 Å². The maximum Gasteiger partial charge on any atom is 0.303 e. The quantitative estimate of drug-likeness (QED) is 0.242. The molecule has 6 rings (SSSR count). The minimum Gasteiger partial charge on any atom is -0.481 e. The smallest absolute Gasteiger partial charge is 0.303 e. The molecule has 2 aromatic carbocycles. The summed E-state index contributed by atoms with van der Waals surface area (Å²) < 4.78 is 27.5. The molecule has 0 atom stereocenters. The number of halogens is 2. The van der Waals surface area contributed by atoms with Gasteiger partial charge in [-0.3, -0.25) is 9.78 Å². The number of benzene rings is 2. The van der Waals surface area contributed by atoms with Crippen molar-refractivity contribution >= 4 is 17.1 Å². The number of carboxylic acid groups (broad SMARTS) is 1. The Bertz CT molecular complexity index is 1640. The second-order valence-corrected chi connectivity index (χ2v) is 10.1. The molecule has 8 heteroatoms. The zero-order valence-corrected chi connectivity index (χ0v) is 21.1. The summed E-state index contributed by atoms with van der Waals surface area (Å²) >= 11 is 0. The first-order valence-corrected chi connectivity index (χ1v) is 13.0. The fourth-order valence-electron chi connectivity index (χ4n) is 5.45. The van der Waals surface area contributed by atoms with Crippen molar-refractivity contribution in [2.45, 2.75) is 38.0 Å². The zero-order chi connectivity index (χ0) is 26.9. The number of aromatic nitrogens is 4. The predicted octanol–water partition coefficient (Wildman–Crippen LogP) is 7.38. The number of aromatic amines is 1. The van der Waals surface area contributed by atoms with E-state index in [9.17, 15) is 13.6 Å². The van der Waals surface area contributed by atoms with Crippen molar-refractivity contribution in [2.24, 2.45) is 5.92 Å². The molecule has 0 aliphatic heterocycles. The van der Waals surface area contributed by atoms with Gasteiger partial charge in [0.15, 0.2) is 5.65 Å². The van der Waals surface area contributed by atoms with Gasteiger partial charge >= 0.3 is 5.97 Å². The maximum absolute atomic E-state index is 14.2. The number of hydrogen-bond acceptors (Lipinski definition) is 4. The van der Waals surface area contributed by atoms with Gasteiger partial charge in [0.1, 0.15) is 17.5 Å². The van der Waals surface area contributed by atoms with E-state index < -0.39 is 17.6 Å². The molecule has 5 aromatic rings. The van der Waals surface area contributed by atoms with Gasteiger partial charge in [-0.05, 0) is 79.5 Å². The van der Waals surface area contributed by atoms with Crippen LogP contribution in [0.4, 0.5) is 8.78 Å². The minimum absolute atomic E-state index is 0.214. The Balaban J connectivity index is 1.16. The first-order valence-electron chi connectivity index (χ1n) is 13.0. The number of nitrogens with one attached hydrogen (secondary N) is 1. The van der Waals surface area contributed by atoms with Crippen LogP contribution in [0.3, 0.4) is 0 Å². The second-order valence-electron chi connectivity index (χ2n) is 10.1. The normalized spacial score (nSPS) is 17.4. The molecule has 0 radical (unpaired) electrons. The Labute approximate surface area is 223 Å². The summed E-state index contributed by atoms with van der Waals surface area (Å²) in [4.78, 5) is 27.9. The number of carbonyl (C=O) groups is 1. The van der Waals surface area contributed by atoms with E-state index in [2.05, 4.69) is 44.2 Å². The minimum atomic E-state index is -0.703. The highest BCUT2D eigenvalue weighted by Crippen LogP contribution is 2.37. The number of nitrogens with zero attached hydrogens (tertiary/aromatic N) is 3. The highest BCUT2D eigenvalue weighted by atomic mass is 19.1. The molecular weight excluding hydrogens is 498 g/mol. The molecule has 0 saturated heterocycles. The van der Waals surface area contributed by atoms with Crippen LogP contribution in [0.1, 0.15) is 43.6 Å². The predicted molar refractivity (Wildman–Crippen MR) is 145 cm³/mol. The standard InChI is InChI=1S/C31H26F2N4O2/c32-23-10-11-24(25(33)16-23)27-13-14-28-31(35-27)37-30(36-28)22-9-12-26(34-17-22)21-7-5-20(6-8-21)19-3-1-18(2-4-19)15-29(38)39/h5-14,16-19H,1-4,15H2,(H,38,39)(H,35,36,37). The summed E-state index contributed by atoms with van der Waals surface area (Å²) in [5.41, 5.74) is 5.67. The summed E-state index contributed by atoms with van der Waals surface area (Å²) in [6.45, 7) is 0. The van der Waals surface area contributed by atoms with Gasteiger partial charge in [0.05, 0.1) is 16.9 Å². The second kappa shape index (κ2) is 10.4. The fourth-order valence-corrected chi connectivity index (χ4v) is 5.45. The third-order valence-corrected chi connectivity index (χ3v) is 7.58. The Kier molecular flexibility index (Phi) is 6.60. The molecule has 1 saturated carbocycles. The molecule has 39 heavy (non-hydrogen) atoms. The van der Waals surface area contributed by atoms with Crippen LogP contribution in [-0.2, 0) is 4.79 Å². The number of rotatable bonds is 6. The molecule has 0 amide bonds. The van der Waals surface area contributed by atoms with Gasteiger partial charge in [0.2, 0.25) is 0 Å². The third kappa shape index (κ3) is 5.27. The van der Waals surface area contributed by atoms with Gasteiger partial charge in [0, 0.05) is 35.4 Å². The number of hydrogen-bond donors (Lipinski definition) is 2. The van der Waals surface area contributed by atoms with Crippen LogP contribution in [-0.4, -0.2) is 31.0 Å². The van der Waals surface area contributed by atoms with Crippen molar-refractivity contribution in [2.75, 3.05) is 0 Å². The van der Waals surface area contributed by atoms with Crippen LogP contribution >= 0.6 is 0 Å². The number of pyridine rings is 2. The number of H-pyrrole nitrogens is 1. The van der Waals surface area contributed by atoms with Crippen LogP contribution < -0.4 is 0 Å². The highest BCUT2D eigenvalue weighted by molar-refractivity contribution is 5.79. The number of carboxylic acids is 1. The molecule has 3 aromatic heterocycles. The number of aliphatic carboxylic acids is 1. The number of imidazole rings is 1. The summed E-state index contributed by atoms with van der Waals surface area (Å²) in [7, 11) is 0. The van der Waals surface area contributed by atoms with Gasteiger partial charge < -0.3 is 10.1 Å². The molecule has 0 spiro atoms. The Hall–Kier alpha value is -4.46. The van der Waals surface area contributed by atoms with Crippen molar-refractivity contribution in [1.82, 2.24) is 19.9 Å². The lowest BCUT2D eigenvalue weighted by molar-refractivity contribution is -0.138. The van der Waals surface area contributed by atoms with Crippen molar-refractivity contribution in [3.05, 3.63) is 90.1 Å². The van der Waals surface area contributed by atoms with Crippen LogP contribution in [0.15, 0.2) is 72.9 Å². The fraction of sp³-hybridized carbons (Fsp3) is 0.226. The van der Waals surface area contributed by atoms with Crippen LogP contribution in [0.2, 0.25) is 0 Å². The van der Waals surface area contributed by atoms with E-state index in [0.717, 1.165) is 48.6 Å². The summed E-state index contributed by atoms with van der Waals surface area (Å²) in [6.07, 6.45) is 6.00. The molecular formula is C31H26F2N4O2. The van der Waals surface area contributed by atoms with Gasteiger partial charge in [-0.1, -0.05) is 24.3 Å². The van der Waals surface area contributed by atoms with Crippen molar-refractivity contribution < 1.29 is 18.7 Å². The Morgan fingerprint density at radius 2 is 1.62 bits per heavy atom. The van der Waals surface area contributed by atoms with E-state index in [0.29, 0.717) is 34.5 Å². The average Bonchev–Trinajstić information content (AvgIpc) is 3.37. The molecule has 0 unspecified atom stereocenters. The lowest BCUT2D eigenvalue weighted by Gasteiger charge is -2.28. The van der Waals surface area contributed by atoms with Crippen LogP contribution in [0.5, 0.6) is 0 Å². The third-order valence-electron chi connectivity index (χ3n) is 7.58. The van der Waals surface area contributed by atoms with Gasteiger partial charge in [-0.25, -0.2) is 18.7 Å². The van der Waals surface area contributed by atoms with E-state index in [4.69, 9.17) is 5.11 Å². The van der Waals surface area contributed by atoms with Crippen molar-refractivity contribution in [3.63, 3.8) is 0 Å². The van der Waals surface area contributed by atoms with Crippen LogP contribution in [0.25, 0.3) is 45.1 Å². The first-order chi connectivity index (χ1) is 18.9. The van der Waals surface area contributed by atoms with Crippen molar-refractivity contribution in [3.8, 4) is 33.9 Å². The molecule has 0 bridgehead atoms. The highest BCUT2D eigenvalue weighted by Gasteiger charge is 2.24. The average molecular weight is 525 g/mol. The van der Waals surface area contributed by atoms with Gasteiger partial charge in [-0.15, -0.1) is 0 Å². The molecule has 2 N–H and O–H groups in total. The van der Waals surface area contributed by atoms with Crippen LogP contribution in [0, 0.1) is 17.6 Å². The summed E-state index contributed by atoms with van der Waals surface area (Å²) in [6, 6.07) is 19.2. The van der Waals surface area contributed by atoms with E-state index in [1.165, 1.54) is 17.7 Å². The largest absolute Gasteiger partial charge is 0.481 e. The summed E-state index contributed by atoms with van der Waals surface area (Å²) in [5.74, 6) is -0.644. The molecule has 1 aliphatic carbocycles. The lowest BCUT2D eigenvalue weighted by Crippen LogP contribution is -2.16. The van der Waals surface area contributed by atoms with Crippen molar-refractivity contribution in [1.29, 1.82) is 0 Å². The molecule has 1 aliphatic rings. The lowest BCUT2D eigenvalue weighted by atomic mass is 9.77. The van der Waals surface area contributed by atoms with E-state index >= 15 is 0 Å². The van der Waals surface area contributed by atoms with E-state index in [-0.39, 0.29) is 12.0 Å². The number of fused-ring (bicyclic) bond motifs is 1. The van der Waals surface area contributed by atoms with Gasteiger partial charge in [0.25, 0.3) is 0 Å². The molecule has 6 nitrogen and oxygen atoms in total. The first kappa shape index (κ1) is 24.9. The Morgan fingerprint density at radius 3 is 2.31 bits per heavy atom. The van der Waals surface area contributed by atoms with E-state index in [1.807, 2.05) is 12.1 Å². The molecule has 3 heterocycles.